The van der Waals surface area contributed by atoms with Gasteiger partial charge in [0.05, 0.1) is 13.7 Å². The number of halogens is 1. The zero-order chi connectivity index (χ0) is 9.47. The maximum atomic E-state index is 13.4. The summed E-state index contributed by atoms with van der Waals surface area (Å²) in [7, 11) is 1.52. The average Bonchev–Trinajstić information content (AvgIpc) is 2.84. The molecule has 1 saturated heterocycles. The topological polar surface area (TPSA) is 21.8 Å². The highest BCUT2D eigenvalue weighted by Crippen LogP contribution is 2.39. The van der Waals surface area contributed by atoms with E-state index in [1.165, 1.54) is 13.2 Å². The van der Waals surface area contributed by atoms with E-state index < -0.39 is 5.60 Å². The molecule has 0 aliphatic carbocycles. The molecule has 13 heavy (non-hydrogen) atoms. The van der Waals surface area contributed by atoms with Crippen LogP contribution in [0.5, 0.6) is 5.75 Å². The van der Waals surface area contributed by atoms with E-state index in [2.05, 4.69) is 0 Å². The van der Waals surface area contributed by atoms with Gasteiger partial charge in [0.15, 0.2) is 0 Å². The number of hydrogen-bond acceptors (Lipinski definition) is 2. The molecule has 1 unspecified atom stereocenters. The Morgan fingerprint density at radius 3 is 2.69 bits per heavy atom. The van der Waals surface area contributed by atoms with E-state index in [0.29, 0.717) is 17.9 Å². The van der Waals surface area contributed by atoms with Crippen molar-refractivity contribution in [1.29, 1.82) is 0 Å². The maximum Gasteiger partial charge on any atom is 0.133 e. The van der Waals surface area contributed by atoms with Gasteiger partial charge in [-0.3, -0.25) is 0 Å². The molecule has 0 bridgehead atoms. The lowest BCUT2D eigenvalue weighted by molar-refractivity contribution is 0.320. The van der Waals surface area contributed by atoms with Crippen molar-refractivity contribution in [2.75, 3.05) is 13.7 Å². The molecule has 0 amide bonds. The third-order valence-corrected chi connectivity index (χ3v) is 2.32. The summed E-state index contributed by atoms with van der Waals surface area (Å²) in [6, 6.07) is 4.83. The number of epoxide rings is 1. The van der Waals surface area contributed by atoms with E-state index >= 15 is 0 Å². The summed E-state index contributed by atoms with van der Waals surface area (Å²) in [5.41, 5.74) is 0.199. The second-order valence-corrected chi connectivity index (χ2v) is 3.37. The second kappa shape index (κ2) is 2.70. The molecule has 1 heterocycles. The maximum absolute atomic E-state index is 13.4. The lowest BCUT2D eigenvalue weighted by Gasteiger charge is -2.08. The van der Waals surface area contributed by atoms with Gasteiger partial charge in [0.25, 0.3) is 0 Å². The van der Waals surface area contributed by atoms with Gasteiger partial charge in [-0.25, -0.2) is 4.39 Å². The van der Waals surface area contributed by atoms with Crippen LogP contribution in [0, 0.1) is 5.82 Å². The Morgan fingerprint density at radius 2 is 2.23 bits per heavy atom. The first kappa shape index (κ1) is 8.51. The summed E-state index contributed by atoms with van der Waals surface area (Å²) in [4.78, 5) is 0. The van der Waals surface area contributed by atoms with Crippen molar-refractivity contribution in [3.8, 4) is 5.75 Å². The highest BCUT2D eigenvalue weighted by Gasteiger charge is 2.43. The Kier molecular flexibility index (Phi) is 1.77. The van der Waals surface area contributed by atoms with Gasteiger partial charge in [0.2, 0.25) is 0 Å². The number of benzene rings is 1. The fraction of sp³-hybridized carbons (Fsp3) is 0.400. The summed E-state index contributed by atoms with van der Waals surface area (Å²) in [5, 5.41) is 0. The Labute approximate surface area is 76.3 Å². The zero-order valence-electron chi connectivity index (χ0n) is 7.63. The molecule has 1 aliphatic rings. The first-order valence-corrected chi connectivity index (χ1v) is 4.14. The summed E-state index contributed by atoms with van der Waals surface area (Å²) in [5.74, 6) is 0.268. The van der Waals surface area contributed by atoms with Gasteiger partial charge >= 0.3 is 0 Å². The minimum absolute atomic E-state index is 0.264. The van der Waals surface area contributed by atoms with Crippen LogP contribution >= 0.6 is 0 Å². The SMILES string of the molecule is COc1ccc(C2(C)CO2)c(F)c1. The molecule has 70 valence electrons. The van der Waals surface area contributed by atoms with Crippen LogP contribution in [0.4, 0.5) is 4.39 Å². The lowest BCUT2D eigenvalue weighted by atomic mass is 10.0. The van der Waals surface area contributed by atoms with E-state index in [4.69, 9.17) is 9.47 Å². The van der Waals surface area contributed by atoms with Crippen molar-refractivity contribution in [2.45, 2.75) is 12.5 Å². The molecule has 1 aromatic rings. The van der Waals surface area contributed by atoms with Crippen LogP contribution < -0.4 is 4.74 Å². The largest absolute Gasteiger partial charge is 0.497 e. The number of hydrogen-bond donors (Lipinski definition) is 0. The molecule has 1 atom stereocenters. The molecule has 1 aliphatic heterocycles. The quantitative estimate of drug-likeness (QED) is 0.653. The summed E-state index contributed by atoms with van der Waals surface area (Å²) < 4.78 is 23.5. The fourth-order valence-electron chi connectivity index (χ4n) is 1.32. The van der Waals surface area contributed by atoms with E-state index in [-0.39, 0.29) is 5.82 Å². The van der Waals surface area contributed by atoms with Crippen molar-refractivity contribution >= 4 is 0 Å². The van der Waals surface area contributed by atoms with Crippen LogP contribution in [0.15, 0.2) is 18.2 Å². The number of methoxy groups -OCH3 is 1. The second-order valence-electron chi connectivity index (χ2n) is 3.37. The Morgan fingerprint density at radius 1 is 1.54 bits per heavy atom. The average molecular weight is 182 g/mol. The first-order chi connectivity index (χ1) is 6.15. The summed E-state index contributed by atoms with van der Waals surface area (Å²) in [6.07, 6.45) is 0. The van der Waals surface area contributed by atoms with Crippen LogP contribution in [0.3, 0.4) is 0 Å². The van der Waals surface area contributed by atoms with Gasteiger partial charge in [0, 0.05) is 11.6 Å². The van der Waals surface area contributed by atoms with Gasteiger partial charge in [-0.1, -0.05) is 0 Å². The molecule has 0 N–H and O–H groups in total. The smallest absolute Gasteiger partial charge is 0.133 e. The van der Waals surface area contributed by atoms with E-state index in [1.807, 2.05) is 6.92 Å². The molecular weight excluding hydrogens is 171 g/mol. The molecule has 0 saturated carbocycles. The van der Waals surface area contributed by atoms with Gasteiger partial charge in [-0.15, -0.1) is 0 Å². The molecule has 3 heteroatoms. The highest BCUT2D eigenvalue weighted by molar-refractivity contribution is 5.34. The van der Waals surface area contributed by atoms with Crippen LogP contribution in [0.25, 0.3) is 0 Å². The first-order valence-electron chi connectivity index (χ1n) is 4.14. The van der Waals surface area contributed by atoms with Crippen molar-refractivity contribution < 1.29 is 13.9 Å². The molecule has 0 spiro atoms. The Hall–Kier alpha value is -1.09. The number of rotatable bonds is 2. The van der Waals surface area contributed by atoms with Gasteiger partial charge in [-0.2, -0.15) is 0 Å². The van der Waals surface area contributed by atoms with Gasteiger partial charge < -0.3 is 9.47 Å². The minimum Gasteiger partial charge on any atom is -0.497 e. The van der Waals surface area contributed by atoms with Gasteiger partial charge in [-0.05, 0) is 19.1 Å². The molecule has 1 fully saturated rings. The molecule has 0 radical (unpaired) electrons. The van der Waals surface area contributed by atoms with Crippen molar-refractivity contribution in [3.05, 3.63) is 29.6 Å². The van der Waals surface area contributed by atoms with E-state index in [0.717, 1.165) is 0 Å². The molecule has 0 aromatic heterocycles. The van der Waals surface area contributed by atoms with Crippen molar-refractivity contribution in [1.82, 2.24) is 0 Å². The van der Waals surface area contributed by atoms with Crippen molar-refractivity contribution in [3.63, 3.8) is 0 Å². The number of ether oxygens (including phenoxy) is 2. The predicted octanol–water partition coefficient (Wildman–Crippen LogP) is 2.08. The van der Waals surface area contributed by atoms with Crippen LogP contribution in [0.2, 0.25) is 0 Å². The standard InChI is InChI=1S/C10H11FO2/c1-10(6-13-10)8-4-3-7(12-2)5-9(8)11/h3-5H,6H2,1-2H3. The third-order valence-electron chi connectivity index (χ3n) is 2.32. The van der Waals surface area contributed by atoms with Crippen LogP contribution in [-0.4, -0.2) is 13.7 Å². The molecule has 1 aromatic carbocycles. The minimum atomic E-state index is -0.406. The Balaban J connectivity index is 2.38. The zero-order valence-corrected chi connectivity index (χ0v) is 7.63. The van der Waals surface area contributed by atoms with Crippen LogP contribution in [0.1, 0.15) is 12.5 Å². The fourth-order valence-corrected chi connectivity index (χ4v) is 1.32. The highest BCUT2D eigenvalue weighted by atomic mass is 19.1. The normalized spacial score (nSPS) is 25.8. The van der Waals surface area contributed by atoms with Crippen LogP contribution in [-0.2, 0) is 10.3 Å². The van der Waals surface area contributed by atoms with E-state index in [1.54, 1.807) is 12.1 Å². The summed E-state index contributed by atoms with van der Waals surface area (Å²) >= 11 is 0. The molecular formula is C10H11FO2. The predicted molar refractivity (Wildman–Crippen MR) is 46.3 cm³/mol. The Bertz CT molecular complexity index is 332. The lowest BCUT2D eigenvalue weighted by Crippen LogP contribution is -2.05. The third kappa shape index (κ3) is 1.40. The summed E-state index contributed by atoms with van der Waals surface area (Å²) in [6.45, 7) is 2.47. The van der Waals surface area contributed by atoms with Crippen molar-refractivity contribution in [2.24, 2.45) is 0 Å². The molecule has 2 nitrogen and oxygen atoms in total. The molecule has 2 rings (SSSR count). The van der Waals surface area contributed by atoms with Gasteiger partial charge in [0.1, 0.15) is 17.2 Å². The monoisotopic (exact) mass is 182 g/mol. The van der Waals surface area contributed by atoms with E-state index in [9.17, 15) is 4.39 Å².